The van der Waals surface area contributed by atoms with Crippen LogP contribution in [-0.2, 0) is 4.74 Å². The summed E-state index contributed by atoms with van der Waals surface area (Å²) in [5.74, 6) is 0.988. The molecule has 0 aliphatic rings. The van der Waals surface area contributed by atoms with Gasteiger partial charge in [0.2, 0.25) is 0 Å². The molecular formula is C19H34O2. The Morgan fingerprint density at radius 1 is 0.762 bits per heavy atom. The Bertz CT molecular complexity index is 306. The highest BCUT2D eigenvalue weighted by atomic mass is 16.5. The van der Waals surface area contributed by atoms with Gasteiger partial charge in [-0.15, -0.1) is 0 Å². The van der Waals surface area contributed by atoms with Gasteiger partial charge in [0.05, 0.1) is 6.61 Å². The van der Waals surface area contributed by atoms with Crippen molar-refractivity contribution in [2.45, 2.75) is 66.2 Å². The summed E-state index contributed by atoms with van der Waals surface area (Å²) >= 11 is 0. The van der Waals surface area contributed by atoms with Crippen LogP contribution in [-0.4, -0.2) is 19.8 Å². The van der Waals surface area contributed by atoms with Crippen molar-refractivity contribution in [3.63, 3.8) is 0 Å². The molecule has 0 saturated heterocycles. The standard InChI is InChI=1S/C17H28O2.C2H6/c1-3-18-14-8-6-4-5-7-9-15-19-17-12-10-16(2)11-13-17;1-2/h10-13H,3-9,14-15H2,1-2H3;1-2H3. The number of ether oxygens (including phenoxy) is 2. The van der Waals surface area contributed by atoms with Crippen molar-refractivity contribution in [1.29, 1.82) is 0 Å². The predicted octanol–water partition coefficient (Wildman–Crippen LogP) is 5.78. The van der Waals surface area contributed by atoms with Crippen molar-refractivity contribution in [3.8, 4) is 5.75 Å². The minimum Gasteiger partial charge on any atom is -0.494 e. The molecule has 2 nitrogen and oxygen atoms in total. The van der Waals surface area contributed by atoms with Crippen LogP contribution in [0.15, 0.2) is 24.3 Å². The summed E-state index contributed by atoms with van der Waals surface area (Å²) in [7, 11) is 0. The number of hydrogen-bond acceptors (Lipinski definition) is 2. The van der Waals surface area contributed by atoms with Gasteiger partial charge in [0.25, 0.3) is 0 Å². The zero-order valence-electron chi connectivity index (χ0n) is 14.5. The van der Waals surface area contributed by atoms with Gasteiger partial charge < -0.3 is 9.47 Å². The highest BCUT2D eigenvalue weighted by Crippen LogP contribution is 2.12. The van der Waals surface area contributed by atoms with Crippen molar-refractivity contribution >= 4 is 0 Å². The van der Waals surface area contributed by atoms with Crippen LogP contribution in [0.25, 0.3) is 0 Å². The molecule has 0 aliphatic carbocycles. The van der Waals surface area contributed by atoms with Crippen molar-refractivity contribution in [2.75, 3.05) is 19.8 Å². The molecule has 0 bridgehead atoms. The van der Waals surface area contributed by atoms with Gasteiger partial charge in [-0.3, -0.25) is 0 Å². The zero-order chi connectivity index (χ0) is 15.8. The second-order valence-corrected chi connectivity index (χ2v) is 4.98. The quantitative estimate of drug-likeness (QED) is 0.482. The van der Waals surface area contributed by atoms with E-state index in [9.17, 15) is 0 Å². The molecule has 0 heterocycles. The highest BCUT2D eigenvalue weighted by molar-refractivity contribution is 5.26. The van der Waals surface area contributed by atoms with E-state index in [1.54, 1.807) is 0 Å². The minimum absolute atomic E-state index is 0.835. The Morgan fingerprint density at radius 2 is 1.29 bits per heavy atom. The molecule has 1 aromatic carbocycles. The third-order valence-corrected chi connectivity index (χ3v) is 3.18. The number of benzene rings is 1. The minimum atomic E-state index is 0.835. The van der Waals surface area contributed by atoms with Crippen LogP contribution in [0.1, 0.15) is 64.9 Å². The van der Waals surface area contributed by atoms with E-state index < -0.39 is 0 Å². The molecule has 0 radical (unpaired) electrons. The SMILES string of the molecule is CC.CCOCCCCCCCCOc1ccc(C)cc1. The fourth-order valence-electron chi connectivity index (χ4n) is 1.98. The Balaban J connectivity index is 0.00000191. The smallest absolute Gasteiger partial charge is 0.119 e. The van der Waals surface area contributed by atoms with Gasteiger partial charge in [-0.25, -0.2) is 0 Å². The summed E-state index contributed by atoms with van der Waals surface area (Å²) in [5, 5.41) is 0. The van der Waals surface area contributed by atoms with Crippen LogP contribution in [0.5, 0.6) is 5.75 Å². The van der Waals surface area contributed by atoms with Crippen LogP contribution >= 0.6 is 0 Å². The van der Waals surface area contributed by atoms with Crippen LogP contribution in [0, 0.1) is 6.92 Å². The monoisotopic (exact) mass is 294 g/mol. The van der Waals surface area contributed by atoms with E-state index in [1.165, 1.54) is 37.7 Å². The van der Waals surface area contributed by atoms with E-state index in [1.807, 2.05) is 32.9 Å². The maximum absolute atomic E-state index is 5.70. The summed E-state index contributed by atoms with van der Waals surface area (Å²) in [5.41, 5.74) is 1.28. The molecule has 21 heavy (non-hydrogen) atoms. The van der Waals surface area contributed by atoms with Crippen LogP contribution in [0.3, 0.4) is 0 Å². The third kappa shape index (κ3) is 12.4. The first-order valence-electron chi connectivity index (χ1n) is 8.60. The Hall–Kier alpha value is -1.02. The lowest BCUT2D eigenvalue weighted by Gasteiger charge is -2.06. The second-order valence-electron chi connectivity index (χ2n) is 4.98. The van der Waals surface area contributed by atoms with E-state index in [0.29, 0.717) is 0 Å². The number of rotatable bonds is 11. The van der Waals surface area contributed by atoms with Gasteiger partial charge >= 0.3 is 0 Å². The molecule has 0 aromatic heterocycles. The van der Waals surface area contributed by atoms with Crippen molar-refractivity contribution < 1.29 is 9.47 Å². The molecule has 0 aliphatic heterocycles. The van der Waals surface area contributed by atoms with Crippen molar-refractivity contribution in [1.82, 2.24) is 0 Å². The van der Waals surface area contributed by atoms with Crippen LogP contribution in [0.2, 0.25) is 0 Å². The first-order chi connectivity index (χ1) is 10.3. The average Bonchev–Trinajstić information content (AvgIpc) is 2.53. The fourth-order valence-corrected chi connectivity index (χ4v) is 1.98. The molecule has 0 fully saturated rings. The number of hydrogen-bond donors (Lipinski definition) is 0. The maximum Gasteiger partial charge on any atom is 0.119 e. The molecule has 0 saturated carbocycles. The van der Waals surface area contributed by atoms with E-state index in [2.05, 4.69) is 19.1 Å². The first-order valence-corrected chi connectivity index (χ1v) is 8.60. The number of unbranched alkanes of at least 4 members (excludes halogenated alkanes) is 5. The van der Waals surface area contributed by atoms with Crippen molar-refractivity contribution in [3.05, 3.63) is 29.8 Å². The summed E-state index contributed by atoms with van der Waals surface area (Å²) in [6.45, 7) is 10.7. The summed E-state index contributed by atoms with van der Waals surface area (Å²) in [6.07, 6.45) is 7.54. The van der Waals surface area contributed by atoms with Crippen molar-refractivity contribution in [2.24, 2.45) is 0 Å². The summed E-state index contributed by atoms with van der Waals surface area (Å²) in [4.78, 5) is 0. The molecule has 0 N–H and O–H groups in total. The Kier molecular flexibility index (Phi) is 14.6. The van der Waals surface area contributed by atoms with E-state index in [-0.39, 0.29) is 0 Å². The average molecular weight is 294 g/mol. The third-order valence-electron chi connectivity index (χ3n) is 3.18. The molecule has 122 valence electrons. The van der Waals surface area contributed by atoms with Gasteiger partial charge in [0.15, 0.2) is 0 Å². The van der Waals surface area contributed by atoms with Crippen LogP contribution < -0.4 is 4.74 Å². The molecule has 1 aromatic rings. The number of aryl methyl sites for hydroxylation is 1. The lowest BCUT2D eigenvalue weighted by molar-refractivity contribution is 0.143. The van der Waals surface area contributed by atoms with Gasteiger partial charge in [0.1, 0.15) is 5.75 Å². The lowest BCUT2D eigenvalue weighted by Crippen LogP contribution is -1.97. The molecule has 1 rings (SSSR count). The molecule has 0 spiro atoms. The molecule has 0 atom stereocenters. The Labute approximate surface area is 131 Å². The largest absolute Gasteiger partial charge is 0.494 e. The predicted molar refractivity (Wildman–Crippen MR) is 92.2 cm³/mol. The van der Waals surface area contributed by atoms with Crippen LogP contribution in [0.4, 0.5) is 0 Å². The molecule has 0 amide bonds. The van der Waals surface area contributed by atoms with E-state index >= 15 is 0 Å². The van der Waals surface area contributed by atoms with Gasteiger partial charge in [-0.05, 0) is 38.8 Å². The molecule has 0 unspecified atom stereocenters. The fraction of sp³-hybridized carbons (Fsp3) is 0.684. The van der Waals surface area contributed by atoms with E-state index in [0.717, 1.165) is 32.0 Å². The molecule has 2 heteroatoms. The summed E-state index contributed by atoms with van der Waals surface area (Å²) in [6, 6.07) is 8.27. The summed E-state index contributed by atoms with van der Waals surface area (Å²) < 4.78 is 11.0. The normalized spacial score (nSPS) is 9.90. The zero-order valence-corrected chi connectivity index (χ0v) is 14.5. The van der Waals surface area contributed by atoms with E-state index in [4.69, 9.17) is 9.47 Å². The van der Waals surface area contributed by atoms with Gasteiger partial charge in [-0.2, -0.15) is 0 Å². The lowest BCUT2D eigenvalue weighted by atomic mass is 10.1. The van der Waals surface area contributed by atoms with Gasteiger partial charge in [0, 0.05) is 13.2 Å². The first kappa shape index (κ1) is 20.0. The highest BCUT2D eigenvalue weighted by Gasteiger charge is 1.94. The van der Waals surface area contributed by atoms with Gasteiger partial charge in [-0.1, -0.05) is 57.2 Å². The second kappa shape index (κ2) is 15.4. The molecular weight excluding hydrogens is 260 g/mol. The maximum atomic E-state index is 5.70. The Morgan fingerprint density at radius 3 is 1.86 bits per heavy atom. The topological polar surface area (TPSA) is 18.5 Å².